The molecule has 0 saturated carbocycles. The molecule has 3 N–H and O–H groups in total. The first-order chi connectivity index (χ1) is 42.5. The third-order valence-corrected chi connectivity index (χ3v) is 18.7. The number of hydrogen-bond donors (Lipinski definition) is 3. The number of unbranched alkanes of at least 4 members (excludes halogenated alkanes) is 62. The Kier molecular flexibility index (Phi) is 74.3. The molecule has 0 heterocycles. The largest absolute Gasteiger partial charge is 0.466 e. The zero-order chi connectivity index (χ0) is 62.0. The molecule has 86 heavy (non-hydrogen) atoms. The van der Waals surface area contributed by atoms with Crippen LogP contribution in [0.1, 0.15) is 450 Å². The van der Waals surface area contributed by atoms with Gasteiger partial charge in [0.25, 0.3) is 0 Å². The number of ether oxygens (including phenoxy) is 1. The summed E-state index contributed by atoms with van der Waals surface area (Å²) in [5.74, 6) is -0.0356. The molecule has 510 valence electrons. The molecule has 0 fully saturated rings. The molecule has 0 aromatic carbocycles. The third-order valence-electron chi connectivity index (χ3n) is 18.7. The van der Waals surface area contributed by atoms with Crippen LogP contribution in [0.25, 0.3) is 0 Å². The second-order valence-corrected chi connectivity index (χ2v) is 27.4. The topological polar surface area (TPSA) is 95.9 Å². The molecule has 1 amide bonds. The molecular formula is C80H155NO5. The highest BCUT2D eigenvalue weighted by Crippen LogP contribution is 2.20. The van der Waals surface area contributed by atoms with Crippen LogP contribution in [0.5, 0.6) is 0 Å². The van der Waals surface area contributed by atoms with Gasteiger partial charge in [-0.2, -0.15) is 0 Å². The van der Waals surface area contributed by atoms with Gasteiger partial charge in [0, 0.05) is 12.8 Å². The van der Waals surface area contributed by atoms with Crippen LogP contribution in [-0.2, 0) is 14.3 Å². The van der Waals surface area contributed by atoms with Crippen molar-refractivity contribution < 1.29 is 24.5 Å². The Morgan fingerprint density at radius 2 is 0.547 bits per heavy atom. The lowest BCUT2D eigenvalue weighted by Crippen LogP contribution is -2.45. The fourth-order valence-corrected chi connectivity index (χ4v) is 12.7. The number of aliphatic hydroxyl groups excluding tert-OH is 2. The monoisotopic (exact) mass is 1210 g/mol. The number of rotatable bonds is 75. The molecule has 0 saturated heterocycles. The Balaban J connectivity index is 3.33. The molecule has 0 aromatic heterocycles. The summed E-state index contributed by atoms with van der Waals surface area (Å²) < 4.78 is 5.52. The number of allylic oxidation sites excluding steroid dienone is 3. The molecule has 0 bridgehead atoms. The van der Waals surface area contributed by atoms with E-state index in [0.29, 0.717) is 19.4 Å². The molecule has 0 aromatic rings. The standard InChI is InChI=1S/C80H155NO5/c1-3-5-7-9-11-13-15-17-19-20-38-42-46-50-54-58-62-66-70-74-80(85)86-75-71-67-63-59-55-51-47-43-40-37-35-33-31-29-27-25-23-21-22-24-26-28-30-32-34-36-39-41-45-49-53-57-61-65-69-73-79(84)81-77(76-82)78(83)72-68-64-60-56-52-48-44-18-16-14-12-10-8-6-4-2/h23,25,68,72,77-78,82-83H,3-22,24,26-67,69-71,73-76H2,1-2H3,(H,81,84)/b25-23-,72-68+. The van der Waals surface area contributed by atoms with Gasteiger partial charge in [0.15, 0.2) is 0 Å². The molecule has 0 aliphatic rings. The maximum Gasteiger partial charge on any atom is 0.305 e. The molecule has 0 aliphatic heterocycles. The Labute approximate surface area is 539 Å². The second kappa shape index (κ2) is 75.8. The number of hydrogen-bond acceptors (Lipinski definition) is 5. The number of carbonyl (C=O) groups excluding carboxylic acids is 2. The van der Waals surface area contributed by atoms with Crippen LogP contribution in [0.15, 0.2) is 24.3 Å². The van der Waals surface area contributed by atoms with E-state index in [0.717, 1.165) is 38.5 Å². The van der Waals surface area contributed by atoms with Crippen LogP contribution >= 0.6 is 0 Å². The first-order valence-corrected chi connectivity index (χ1v) is 39.6. The fourth-order valence-electron chi connectivity index (χ4n) is 12.7. The van der Waals surface area contributed by atoms with Crippen molar-refractivity contribution in [2.24, 2.45) is 0 Å². The number of esters is 1. The predicted molar refractivity (Wildman–Crippen MR) is 380 cm³/mol. The minimum atomic E-state index is -0.841. The van der Waals surface area contributed by atoms with Crippen molar-refractivity contribution in [3.05, 3.63) is 24.3 Å². The molecule has 2 unspecified atom stereocenters. The molecule has 0 aliphatic carbocycles. The maximum absolute atomic E-state index is 12.5. The maximum atomic E-state index is 12.5. The summed E-state index contributed by atoms with van der Waals surface area (Å²) in [6, 6.07) is -0.625. The molecule has 0 radical (unpaired) electrons. The van der Waals surface area contributed by atoms with Gasteiger partial charge in [0.2, 0.25) is 5.91 Å². The normalized spacial score (nSPS) is 12.6. The molecule has 6 nitrogen and oxygen atoms in total. The van der Waals surface area contributed by atoms with Crippen molar-refractivity contribution in [3.63, 3.8) is 0 Å². The second-order valence-electron chi connectivity index (χ2n) is 27.4. The molecule has 6 heteroatoms. The third kappa shape index (κ3) is 71.4. The van der Waals surface area contributed by atoms with E-state index in [4.69, 9.17) is 4.74 Å². The Morgan fingerprint density at radius 1 is 0.314 bits per heavy atom. The van der Waals surface area contributed by atoms with Crippen molar-refractivity contribution in [2.75, 3.05) is 13.2 Å². The summed E-state index contributed by atoms with van der Waals surface area (Å²) in [6.45, 7) is 4.96. The number of aliphatic hydroxyl groups is 2. The van der Waals surface area contributed by atoms with E-state index in [1.807, 2.05) is 6.08 Å². The van der Waals surface area contributed by atoms with Gasteiger partial charge >= 0.3 is 5.97 Å². The van der Waals surface area contributed by atoms with Crippen LogP contribution in [0.2, 0.25) is 0 Å². The SMILES string of the molecule is CCCCCCCCCCCCCCC/C=C/C(O)C(CO)NC(=O)CCCCCCCCCCCCCCCCCCC/C=C\CCCCCCCCCCCCCCCCOC(=O)CCCCCCCCCCCCCCCCCCCCC. The predicted octanol–water partition coefficient (Wildman–Crippen LogP) is 26.0. The van der Waals surface area contributed by atoms with Gasteiger partial charge in [-0.15, -0.1) is 0 Å². The van der Waals surface area contributed by atoms with Crippen molar-refractivity contribution >= 4 is 11.9 Å². The van der Waals surface area contributed by atoms with Crippen LogP contribution < -0.4 is 5.32 Å². The lowest BCUT2D eigenvalue weighted by molar-refractivity contribution is -0.143. The van der Waals surface area contributed by atoms with E-state index in [2.05, 4.69) is 31.3 Å². The van der Waals surface area contributed by atoms with Gasteiger partial charge < -0.3 is 20.3 Å². The summed E-state index contributed by atoms with van der Waals surface area (Å²) in [4.78, 5) is 24.6. The first kappa shape index (κ1) is 84.3. The highest BCUT2D eigenvalue weighted by Gasteiger charge is 2.18. The van der Waals surface area contributed by atoms with E-state index in [1.54, 1.807) is 6.08 Å². The Hall–Kier alpha value is -1.66. The van der Waals surface area contributed by atoms with E-state index in [1.165, 1.54) is 385 Å². The van der Waals surface area contributed by atoms with Crippen molar-refractivity contribution in [2.45, 2.75) is 463 Å². The number of amides is 1. The zero-order valence-corrected chi connectivity index (χ0v) is 58.6. The summed E-state index contributed by atoms with van der Waals surface area (Å²) in [5, 5.41) is 23.2. The molecular weight excluding hydrogens is 1050 g/mol. The highest BCUT2D eigenvalue weighted by molar-refractivity contribution is 5.76. The van der Waals surface area contributed by atoms with Gasteiger partial charge in [-0.3, -0.25) is 9.59 Å². The fraction of sp³-hybridized carbons (Fsp3) is 0.925. The Morgan fingerprint density at radius 3 is 0.826 bits per heavy atom. The van der Waals surface area contributed by atoms with Crippen molar-refractivity contribution in [1.82, 2.24) is 5.32 Å². The van der Waals surface area contributed by atoms with Crippen LogP contribution in [0.3, 0.4) is 0 Å². The van der Waals surface area contributed by atoms with Crippen molar-refractivity contribution in [3.8, 4) is 0 Å². The van der Waals surface area contributed by atoms with E-state index in [-0.39, 0.29) is 18.5 Å². The summed E-state index contributed by atoms with van der Waals surface area (Å²) >= 11 is 0. The van der Waals surface area contributed by atoms with Gasteiger partial charge in [0.05, 0.1) is 25.4 Å². The zero-order valence-electron chi connectivity index (χ0n) is 58.6. The van der Waals surface area contributed by atoms with Gasteiger partial charge in [-0.05, 0) is 57.8 Å². The van der Waals surface area contributed by atoms with E-state index < -0.39 is 12.1 Å². The summed E-state index contributed by atoms with van der Waals surface area (Å²) in [5.41, 5.74) is 0. The number of carbonyl (C=O) groups is 2. The summed E-state index contributed by atoms with van der Waals surface area (Å²) in [6.07, 6.45) is 97.4. The average molecular weight is 1210 g/mol. The smallest absolute Gasteiger partial charge is 0.305 e. The average Bonchev–Trinajstić information content (AvgIpc) is 3.55. The van der Waals surface area contributed by atoms with Gasteiger partial charge in [-0.1, -0.05) is 404 Å². The Bertz CT molecular complexity index is 1350. The van der Waals surface area contributed by atoms with Crippen LogP contribution in [0.4, 0.5) is 0 Å². The lowest BCUT2D eigenvalue weighted by Gasteiger charge is -2.20. The minimum Gasteiger partial charge on any atom is -0.466 e. The van der Waals surface area contributed by atoms with Gasteiger partial charge in [0.1, 0.15) is 0 Å². The minimum absolute atomic E-state index is 0.0258. The quantitative estimate of drug-likeness (QED) is 0.0320. The lowest BCUT2D eigenvalue weighted by atomic mass is 10.0. The van der Waals surface area contributed by atoms with E-state index >= 15 is 0 Å². The van der Waals surface area contributed by atoms with Crippen molar-refractivity contribution in [1.29, 1.82) is 0 Å². The number of nitrogens with one attached hydrogen (secondary N) is 1. The molecule has 2 atom stereocenters. The first-order valence-electron chi connectivity index (χ1n) is 39.6. The van der Waals surface area contributed by atoms with Crippen LogP contribution in [0, 0.1) is 0 Å². The molecule has 0 spiro atoms. The highest BCUT2D eigenvalue weighted by atomic mass is 16.5. The van der Waals surface area contributed by atoms with Crippen LogP contribution in [-0.4, -0.2) is 47.4 Å². The summed E-state index contributed by atoms with van der Waals surface area (Å²) in [7, 11) is 0. The van der Waals surface area contributed by atoms with Gasteiger partial charge in [-0.25, -0.2) is 0 Å². The molecule has 0 rings (SSSR count). The van der Waals surface area contributed by atoms with E-state index in [9.17, 15) is 19.8 Å².